The maximum absolute atomic E-state index is 13.1. The first-order valence-electron chi connectivity index (χ1n) is 10.6. The Morgan fingerprint density at radius 3 is 2.54 bits per heavy atom. The topological polar surface area (TPSA) is 69.0 Å². The SMILES string of the molecule is CCN1CCN(Cc2c(O)ccc3oc(C)c(C(=O)NC4CCCC4)c23)CC1. The smallest absolute Gasteiger partial charge is 0.255 e. The fourth-order valence-electron chi connectivity index (χ4n) is 4.61. The highest BCUT2D eigenvalue weighted by Crippen LogP contribution is 2.35. The van der Waals surface area contributed by atoms with Crippen LogP contribution < -0.4 is 5.32 Å². The van der Waals surface area contributed by atoms with E-state index in [0.29, 0.717) is 23.5 Å². The number of phenolic OH excluding ortho intramolecular Hbond substituents is 1. The Labute approximate surface area is 166 Å². The molecule has 6 heteroatoms. The van der Waals surface area contributed by atoms with Gasteiger partial charge in [-0.25, -0.2) is 0 Å². The summed E-state index contributed by atoms with van der Waals surface area (Å²) in [6.07, 6.45) is 4.43. The van der Waals surface area contributed by atoms with E-state index in [0.717, 1.165) is 56.5 Å². The van der Waals surface area contributed by atoms with Crippen molar-refractivity contribution in [3.63, 3.8) is 0 Å². The summed E-state index contributed by atoms with van der Waals surface area (Å²) in [7, 11) is 0. The number of nitrogens with one attached hydrogen (secondary N) is 1. The van der Waals surface area contributed by atoms with Crippen LogP contribution in [-0.2, 0) is 6.54 Å². The van der Waals surface area contributed by atoms with E-state index in [1.54, 1.807) is 12.1 Å². The van der Waals surface area contributed by atoms with E-state index in [-0.39, 0.29) is 17.7 Å². The van der Waals surface area contributed by atoms with Crippen molar-refractivity contribution >= 4 is 16.9 Å². The molecule has 0 radical (unpaired) electrons. The second-order valence-electron chi connectivity index (χ2n) is 8.13. The highest BCUT2D eigenvalue weighted by Gasteiger charge is 2.27. The molecular formula is C22H31N3O3. The lowest BCUT2D eigenvalue weighted by Gasteiger charge is -2.34. The number of furan rings is 1. The zero-order valence-electron chi connectivity index (χ0n) is 17.0. The van der Waals surface area contributed by atoms with Gasteiger partial charge in [0.05, 0.1) is 5.56 Å². The molecule has 152 valence electrons. The highest BCUT2D eigenvalue weighted by atomic mass is 16.3. The Hall–Kier alpha value is -2.05. The van der Waals surface area contributed by atoms with E-state index in [1.807, 2.05) is 6.92 Å². The molecule has 1 aliphatic carbocycles. The van der Waals surface area contributed by atoms with Crippen LogP contribution in [0.3, 0.4) is 0 Å². The number of carbonyl (C=O) groups is 1. The molecule has 1 aromatic heterocycles. The van der Waals surface area contributed by atoms with E-state index in [2.05, 4.69) is 22.0 Å². The fraction of sp³-hybridized carbons (Fsp3) is 0.591. The largest absolute Gasteiger partial charge is 0.508 e. The molecule has 1 saturated heterocycles. The van der Waals surface area contributed by atoms with Crippen LogP contribution in [0.1, 0.15) is 54.3 Å². The number of likely N-dealkylation sites (N-methyl/N-ethyl adjacent to an activating group) is 1. The quantitative estimate of drug-likeness (QED) is 0.827. The van der Waals surface area contributed by atoms with Crippen LogP contribution in [0.4, 0.5) is 0 Å². The molecular weight excluding hydrogens is 354 g/mol. The number of hydrogen-bond donors (Lipinski definition) is 2. The minimum absolute atomic E-state index is 0.0780. The zero-order valence-corrected chi connectivity index (χ0v) is 17.0. The molecule has 0 bridgehead atoms. The summed E-state index contributed by atoms with van der Waals surface area (Å²) >= 11 is 0. The molecule has 2 N–H and O–H groups in total. The maximum atomic E-state index is 13.1. The predicted molar refractivity (Wildman–Crippen MR) is 110 cm³/mol. The van der Waals surface area contributed by atoms with Crippen molar-refractivity contribution in [2.75, 3.05) is 32.7 Å². The predicted octanol–water partition coefficient (Wildman–Crippen LogP) is 3.26. The second-order valence-corrected chi connectivity index (χ2v) is 8.13. The van der Waals surface area contributed by atoms with Crippen molar-refractivity contribution < 1.29 is 14.3 Å². The van der Waals surface area contributed by atoms with E-state index in [4.69, 9.17) is 4.42 Å². The van der Waals surface area contributed by atoms with Gasteiger partial charge in [0.1, 0.15) is 17.1 Å². The van der Waals surface area contributed by atoms with Gasteiger partial charge in [-0.3, -0.25) is 9.69 Å². The number of fused-ring (bicyclic) bond motifs is 1. The number of amides is 1. The summed E-state index contributed by atoms with van der Waals surface area (Å²) in [4.78, 5) is 17.8. The Balaban J connectivity index is 1.64. The lowest BCUT2D eigenvalue weighted by Crippen LogP contribution is -2.45. The number of aryl methyl sites for hydroxylation is 1. The summed E-state index contributed by atoms with van der Waals surface area (Å²) in [5.41, 5.74) is 2.06. The van der Waals surface area contributed by atoms with E-state index >= 15 is 0 Å². The molecule has 2 heterocycles. The molecule has 1 aromatic carbocycles. The van der Waals surface area contributed by atoms with Crippen LogP contribution in [0.25, 0.3) is 11.0 Å². The fourth-order valence-corrected chi connectivity index (χ4v) is 4.61. The Morgan fingerprint density at radius 2 is 1.86 bits per heavy atom. The van der Waals surface area contributed by atoms with E-state index in [1.165, 1.54) is 12.8 Å². The first-order valence-corrected chi connectivity index (χ1v) is 10.6. The summed E-state index contributed by atoms with van der Waals surface area (Å²) in [6.45, 7) is 9.72. The first-order chi connectivity index (χ1) is 13.6. The van der Waals surface area contributed by atoms with Crippen molar-refractivity contribution in [2.24, 2.45) is 0 Å². The number of benzene rings is 1. The van der Waals surface area contributed by atoms with Crippen molar-refractivity contribution in [2.45, 2.75) is 52.1 Å². The summed E-state index contributed by atoms with van der Waals surface area (Å²) < 4.78 is 5.91. The van der Waals surface area contributed by atoms with Crippen LogP contribution in [0.5, 0.6) is 5.75 Å². The van der Waals surface area contributed by atoms with Crippen LogP contribution in [0.2, 0.25) is 0 Å². The lowest BCUT2D eigenvalue weighted by molar-refractivity contribution is 0.0937. The monoisotopic (exact) mass is 385 g/mol. The van der Waals surface area contributed by atoms with Gasteiger partial charge in [-0.05, 0) is 38.4 Å². The third kappa shape index (κ3) is 3.76. The summed E-state index contributed by atoms with van der Waals surface area (Å²) in [6, 6.07) is 3.70. The van der Waals surface area contributed by atoms with Gasteiger partial charge < -0.3 is 19.7 Å². The molecule has 1 aliphatic heterocycles. The highest BCUT2D eigenvalue weighted by molar-refractivity contribution is 6.09. The molecule has 2 fully saturated rings. The maximum Gasteiger partial charge on any atom is 0.255 e. The molecule has 2 aromatic rings. The minimum atomic E-state index is -0.0780. The van der Waals surface area contributed by atoms with Gasteiger partial charge in [0.15, 0.2) is 0 Å². The van der Waals surface area contributed by atoms with Gasteiger partial charge in [-0.15, -0.1) is 0 Å². The van der Waals surface area contributed by atoms with Gasteiger partial charge >= 0.3 is 0 Å². The molecule has 0 spiro atoms. The second kappa shape index (κ2) is 8.13. The number of hydrogen-bond acceptors (Lipinski definition) is 5. The van der Waals surface area contributed by atoms with Gasteiger partial charge in [0.2, 0.25) is 0 Å². The average molecular weight is 386 g/mol. The van der Waals surface area contributed by atoms with Gasteiger partial charge in [0, 0.05) is 49.7 Å². The molecule has 1 amide bonds. The Bertz CT molecular complexity index is 846. The first kappa shape index (κ1) is 19.3. The van der Waals surface area contributed by atoms with Crippen molar-refractivity contribution in [1.82, 2.24) is 15.1 Å². The molecule has 4 rings (SSSR count). The summed E-state index contributed by atoms with van der Waals surface area (Å²) in [5.74, 6) is 0.778. The van der Waals surface area contributed by atoms with Gasteiger partial charge in [-0.1, -0.05) is 19.8 Å². The molecule has 2 aliphatic rings. The zero-order chi connectivity index (χ0) is 19.7. The molecule has 6 nitrogen and oxygen atoms in total. The third-order valence-corrected chi connectivity index (χ3v) is 6.33. The Morgan fingerprint density at radius 1 is 1.18 bits per heavy atom. The van der Waals surface area contributed by atoms with Crippen molar-refractivity contribution in [1.29, 1.82) is 0 Å². The molecule has 1 saturated carbocycles. The number of carbonyl (C=O) groups excluding carboxylic acids is 1. The number of phenols is 1. The van der Waals surface area contributed by atoms with Crippen LogP contribution in [-0.4, -0.2) is 59.6 Å². The third-order valence-electron chi connectivity index (χ3n) is 6.33. The van der Waals surface area contributed by atoms with Crippen LogP contribution in [0.15, 0.2) is 16.5 Å². The van der Waals surface area contributed by atoms with Crippen LogP contribution >= 0.6 is 0 Å². The van der Waals surface area contributed by atoms with Gasteiger partial charge in [-0.2, -0.15) is 0 Å². The van der Waals surface area contributed by atoms with Crippen LogP contribution in [0, 0.1) is 6.92 Å². The average Bonchev–Trinajstić information content (AvgIpc) is 3.31. The standard InChI is InChI=1S/C22H31N3O3/c1-3-24-10-12-25(13-11-24)14-17-18(26)8-9-19-21(17)20(15(2)28-19)22(27)23-16-6-4-5-7-16/h8-9,16,26H,3-7,10-14H2,1-2H3,(H,23,27). The molecule has 0 atom stereocenters. The van der Waals surface area contributed by atoms with E-state index in [9.17, 15) is 9.90 Å². The number of aromatic hydroxyl groups is 1. The Kier molecular flexibility index (Phi) is 5.60. The van der Waals surface area contributed by atoms with E-state index < -0.39 is 0 Å². The molecule has 0 unspecified atom stereocenters. The summed E-state index contributed by atoms with van der Waals surface area (Å²) in [5, 5.41) is 14.6. The molecule has 28 heavy (non-hydrogen) atoms. The number of piperazine rings is 1. The lowest BCUT2D eigenvalue weighted by atomic mass is 10.0. The van der Waals surface area contributed by atoms with Gasteiger partial charge in [0.25, 0.3) is 5.91 Å². The van der Waals surface area contributed by atoms with Crippen molar-refractivity contribution in [3.05, 3.63) is 29.0 Å². The number of nitrogens with zero attached hydrogens (tertiary/aromatic N) is 2. The minimum Gasteiger partial charge on any atom is -0.508 e. The number of rotatable bonds is 5. The van der Waals surface area contributed by atoms with Crippen molar-refractivity contribution in [3.8, 4) is 5.75 Å². The normalized spacial score (nSPS) is 19.5.